The number of carbonyl (C=O) groups excluding carboxylic acids is 7. The average molecular weight is 948 g/mol. The highest BCUT2D eigenvalue weighted by Crippen LogP contribution is 2.26. The standard InChI is InChI=1S/C46H77N9O10S/c1-27(2)35(54(14)42(60)37(45(8,9)10)52-40(58)34-19-15-16-25-55(34)29(5)6)26-30(7)38(56)53-66(63,64)32-22-20-31(21-23-32)49-39(57)33(18-17-24-48-43(47)61)50-41(59)36(28(3)4)51-44(62)65-46(11,12)13/h20-23,26-29,33-37H,15-19,24-25H2,1-14H3,(H,49,57)(H,50,59)(H,51,62)(H,52,58)(H,53,56)(H3,47,48,61)/b30-26+/t33-,34+,35+,36-,37+/m0/s1. The molecule has 372 valence electrons. The van der Waals surface area contributed by atoms with E-state index in [1.54, 1.807) is 41.7 Å². The van der Waals surface area contributed by atoms with Gasteiger partial charge in [-0.15, -0.1) is 0 Å². The molecule has 1 aliphatic rings. The maximum atomic E-state index is 14.2. The number of anilines is 1. The third-order valence-corrected chi connectivity index (χ3v) is 12.4. The molecule has 0 aromatic heterocycles. The van der Waals surface area contributed by atoms with E-state index in [2.05, 4.69) is 36.2 Å². The predicted molar refractivity (Wildman–Crippen MR) is 253 cm³/mol. The van der Waals surface area contributed by atoms with Crippen molar-refractivity contribution < 1.29 is 46.7 Å². The van der Waals surface area contributed by atoms with Crippen LogP contribution in [0.5, 0.6) is 0 Å². The number of nitrogens with two attached hydrogens (primary N) is 1. The monoisotopic (exact) mass is 948 g/mol. The zero-order chi connectivity index (χ0) is 50.5. The number of carbonyl (C=O) groups is 7. The number of amides is 8. The number of alkyl carbamates (subject to hydrolysis) is 1. The van der Waals surface area contributed by atoms with Crippen LogP contribution in [0.1, 0.15) is 122 Å². The minimum atomic E-state index is -4.44. The summed E-state index contributed by atoms with van der Waals surface area (Å²) in [5.41, 5.74) is 3.88. The van der Waals surface area contributed by atoms with E-state index in [1.165, 1.54) is 42.2 Å². The Morgan fingerprint density at radius 3 is 2.00 bits per heavy atom. The van der Waals surface area contributed by atoms with Crippen molar-refractivity contribution >= 4 is 57.4 Å². The summed E-state index contributed by atoms with van der Waals surface area (Å²) < 4.78 is 34.3. The van der Waals surface area contributed by atoms with Gasteiger partial charge in [-0.2, -0.15) is 0 Å². The van der Waals surface area contributed by atoms with Crippen LogP contribution in [0.3, 0.4) is 0 Å². The second-order valence-corrected chi connectivity index (χ2v) is 21.7. The Morgan fingerprint density at radius 1 is 0.879 bits per heavy atom. The van der Waals surface area contributed by atoms with Gasteiger partial charge in [0.1, 0.15) is 23.7 Å². The molecule has 1 aromatic rings. The summed E-state index contributed by atoms with van der Waals surface area (Å²) >= 11 is 0. The molecule has 0 unspecified atom stereocenters. The van der Waals surface area contributed by atoms with E-state index in [0.29, 0.717) is 6.42 Å². The van der Waals surface area contributed by atoms with Crippen molar-refractivity contribution in [3.05, 3.63) is 35.9 Å². The number of primary amides is 1. The van der Waals surface area contributed by atoms with Crippen LogP contribution >= 0.6 is 0 Å². The van der Waals surface area contributed by atoms with E-state index in [1.807, 2.05) is 48.5 Å². The summed E-state index contributed by atoms with van der Waals surface area (Å²) in [6.45, 7) is 24.2. The lowest BCUT2D eigenvalue weighted by Crippen LogP contribution is -2.60. The molecule has 0 bridgehead atoms. The van der Waals surface area contributed by atoms with Crippen molar-refractivity contribution in [1.82, 2.24) is 35.8 Å². The fourth-order valence-electron chi connectivity index (χ4n) is 7.40. The third-order valence-electron chi connectivity index (χ3n) is 11.0. The van der Waals surface area contributed by atoms with Crippen LogP contribution in [-0.4, -0.2) is 122 Å². The second kappa shape index (κ2) is 24.5. The quantitative estimate of drug-likeness (QED) is 0.0722. The lowest BCUT2D eigenvalue weighted by Gasteiger charge is -2.41. The zero-order valence-electron chi connectivity index (χ0n) is 41.4. The molecular weight excluding hydrogens is 871 g/mol. The molecule has 0 spiro atoms. The normalized spacial score (nSPS) is 16.9. The largest absolute Gasteiger partial charge is 0.444 e. The van der Waals surface area contributed by atoms with Crippen LogP contribution in [0.2, 0.25) is 0 Å². The van der Waals surface area contributed by atoms with Gasteiger partial charge in [-0.3, -0.25) is 28.9 Å². The van der Waals surface area contributed by atoms with Gasteiger partial charge in [0.05, 0.1) is 17.0 Å². The number of likely N-dealkylation sites (tertiary alicyclic amines) is 1. The van der Waals surface area contributed by atoms with Crippen LogP contribution in [0.15, 0.2) is 40.8 Å². The number of rotatable bonds is 20. The Balaban J connectivity index is 2.25. The van der Waals surface area contributed by atoms with Crippen molar-refractivity contribution in [3.8, 4) is 0 Å². The van der Waals surface area contributed by atoms with Crippen LogP contribution in [-0.2, 0) is 38.7 Å². The highest BCUT2D eigenvalue weighted by atomic mass is 32.2. The topological polar surface area (TPSA) is 268 Å². The van der Waals surface area contributed by atoms with E-state index < -0.39 is 81.0 Å². The number of hydrogen-bond acceptors (Lipinski definition) is 11. The van der Waals surface area contributed by atoms with E-state index in [9.17, 15) is 42.0 Å². The average Bonchev–Trinajstić information content (AvgIpc) is 3.19. The Kier molecular flexibility index (Phi) is 21.1. The van der Waals surface area contributed by atoms with E-state index in [-0.39, 0.29) is 65.4 Å². The first kappa shape index (κ1) is 56.9. The van der Waals surface area contributed by atoms with Gasteiger partial charge < -0.3 is 42.0 Å². The van der Waals surface area contributed by atoms with Gasteiger partial charge in [-0.1, -0.05) is 61.0 Å². The summed E-state index contributed by atoms with van der Waals surface area (Å²) in [4.78, 5) is 95.4. The molecule has 8 amide bonds. The van der Waals surface area contributed by atoms with Crippen LogP contribution in [0.25, 0.3) is 0 Å². The molecule has 1 aromatic carbocycles. The summed E-state index contributed by atoms with van der Waals surface area (Å²) in [5.74, 6) is -3.42. The molecule has 1 fully saturated rings. The number of nitrogens with zero attached hydrogens (tertiary/aromatic N) is 2. The van der Waals surface area contributed by atoms with E-state index in [4.69, 9.17) is 10.5 Å². The molecule has 1 aliphatic heterocycles. The first-order valence-corrected chi connectivity index (χ1v) is 24.2. The zero-order valence-corrected chi connectivity index (χ0v) is 42.2. The molecule has 0 radical (unpaired) electrons. The SMILES string of the molecule is C/C(=C\[C@H](C(C)C)N(C)C(=O)[C@@H](NC(=O)[C@H]1CCCCN1C(C)C)C(C)(C)C)C(=O)NS(=O)(=O)c1ccc(NC(=O)[C@H](CCCNC(N)=O)NC(=O)[C@@H](NC(=O)OC(C)(C)C)C(C)C)cc1. The maximum absolute atomic E-state index is 14.2. The summed E-state index contributed by atoms with van der Waals surface area (Å²) in [6.07, 6.45) is 3.61. The minimum absolute atomic E-state index is 0.0343. The molecule has 5 atom stereocenters. The van der Waals surface area contributed by atoms with Crippen LogP contribution < -0.4 is 37.0 Å². The van der Waals surface area contributed by atoms with Crippen LogP contribution in [0.4, 0.5) is 15.3 Å². The fourth-order valence-corrected chi connectivity index (χ4v) is 8.42. The van der Waals surface area contributed by atoms with Crippen LogP contribution in [0, 0.1) is 17.3 Å². The summed E-state index contributed by atoms with van der Waals surface area (Å²) in [6, 6.07) is 0.262. The number of ether oxygens (including phenoxy) is 1. The Labute approximate surface area is 391 Å². The van der Waals surface area contributed by atoms with Gasteiger partial charge in [-0.05, 0) is 115 Å². The minimum Gasteiger partial charge on any atom is -0.444 e. The first-order chi connectivity index (χ1) is 30.4. The van der Waals surface area contributed by atoms with Gasteiger partial charge >= 0.3 is 12.1 Å². The Hall–Kier alpha value is -5.24. The highest BCUT2D eigenvalue weighted by molar-refractivity contribution is 7.90. The lowest BCUT2D eigenvalue weighted by molar-refractivity contribution is -0.142. The number of piperidine rings is 1. The predicted octanol–water partition coefficient (Wildman–Crippen LogP) is 4.14. The molecule has 19 nitrogen and oxygen atoms in total. The molecule has 1 heterocycles. The van der Waals surface area contributed by atoms with E-state index >= 15 is 0 Å². The molecule has 0 saturated carbocycles. The van der Waals surface area contributed by atoms with Crippen molar-refractivity contribution in [1.29, 1.82) is 0 Å². The molecular formula is C46H77N9O10S. The maximum Gasteiger partial charge on any atom is 0.408 e. The number of hydrogen-bond donors (Lipinski definition) is 7. The molecule has 66 heavy (non-hydrogen) atoms. The van der Waals surface area contributed by atoms with Gasteiger partial charge in [0.15, 0.2) is 0 Å². The fraction of sp³-hybridized carbons (Fsp3) is 0.674. The summed E-state index contributed by atoms with van der Waals surface area (Å²) in [5, 5.41) is 13.3. The smallest absolute Gasteiger partial charge is 0.408 e. The van der Waals surface area contributed by atoms with Gasteiger partial charge in [0.2, 0.25) is 23.6 Å². The first-order valence-electron chi connectivity index (χ1n) is 22.7. The Morgan fingerprint density at radius 2 is 1.48 bits per heavy atom. The number of nitrogens with one attached hydrogen (secondary N) is 6. The highest BCUT2D eigenvalue weighted by Gasteiger charge is 2.40. The number of benzene rings is 1. The second-order valence-electron chi connectivity index (χ2n) is 20.0. The van der Waals surface area contributed by atoms with Crippen molar-refractivity contribution in [2.45, 2.75) is 169 Å². The van der Waals surface area contributed by atoms with Crippen molar-refractivity contribution in [2.24, 2.45) is 23.0 Å². The van der Waals surface area contributed by atoms with Gasteiger partial charge in [0, 0.05) is 30.9 Å². The third kappa shape index (κ3) is 17.9. The Bertz CT molecular complexity index is 2010. The number of urea groups is 1. The lowest BCUT2D eigenvalue weighted by atomic mass is 9.84. The van der Waals surface area contributed by atoms with Gasteiger partial charge in [-0.25, -0.2) is 22.7 Å². The summed E-state index contributed by atoms with van der Waals surface area (Å²) in [7, 11) is -2.84. The van der Waals surface area contributed by atoms with E-state index in [0.717, 1.165) is 19.4 Å². The molecule has 2 rings (SSSR count). The van der Waals surface area contributed by atoms with Crippen molar-refractivity contribution in [3.63, 3.8) is 0 Å². The molecule has 1 saturated heterocycles. The van der Waals surface area contributed by atoms with Crippen molar-refractivity contribution in [2.75, 3.05) is 25.5 Å². The van der Waals surface area contributed by atoms with Gasteiger partial charge in [0.25, 0.3) is 15.9 Å². The number of likely N-dealkylation sites (N-methyl/N-ethyl adjacent to an activating group) is 1. The molecule has 20 heteroatoms. The number of sulfonamides is 1. The molecule has 0 aliphatic carbocycles. The molecule has 8 N–H and O–H groups in total.